The van der Waals surface area contributed by atoms with Gasteiger partial charge in [-0.25, -0.2) is 9.59 Å². The van der Waals surface area contributed by atoms with Crippen LogP contribution in [0.2, 0.25) is 0 Å². The largest absolute Gasteiger partial charge is 0.235 e. The molecule has 0 spiro atoms. The van der Waals surface area contributed by atoms with E-state index >= 15 is 0 Å². The van der Waals surface area contributed by atoms with Crippen LogP contribution in [-0.2, 0) is 20.7 Å². The van der Waals surface area contributed by atoms with E-state index in [4.69, 9.17) is 0 Å². The zero-order valence-corrected chi connectivity index (χ0v) is 15.0. The van der Waals surface area contributed by atoms with E-state index in [0.717, 1.165) is 68.1 Å². The zero-order valence-electron chi connectivity index (χ0n) is 15.0. The number of hydrogen-bond acceptors (Lipinski definition) is 4. The van der Waals surface area contributed by atoms with Gasteiger partial charge >= 0.3 is 0 Å². The van der Waals surface area contributed by atoms with E-state index in [0.29, 0.717) is 0 Å². The predicted molar refractivity (Wildman–Crippen MR) is 96.9 cm³/mol. The molecule has 0 aromatic heterocycles. The first kappa shape index (κ1) is 17.8. The number of carbonyl (C=O) groups excluding carboxylic acids is 2. The fourth-order valence-electron chi connectivity index (χ4n) is 4.98. The van der Waals surface area contributed by atoms with Gasteiger partial charge in [0.2, 0.25) is 12.2 Å². The Morgan fingerprint density at radius 1 is 0.800 bits per heavy atom. The highest BCUT2D eigenvalue weighted by Gasteiger charge is 2.43. The Morgan fingerprint density at radius 3 is 1.88 bits per heavy atom. The fraction of sp³-hybridized carbons (Fsp3) is 0.619. The van der Waals surface area contributed by atoms with Crippen molar-refractivity contribution in [1.29, 1.82) is 0 Å². The van der Waals surface area contributed by atoms with Crippen LogP contribution >= 0.6 is 0 Å². The maximum Gasteiger partial charge on any atom is 0.235 e. The van der Waals surface area contributed by atoms with Crippen LogP contribution in [-0.4, -0.2) is 12.2 Å². The Hall–Kier alpha value is -2.02. The van der Waals surface area contributed by atoms with Gasteiger partial charge in [-0.1, -0.05) is 56.7 Å². The summed E-state index contributed by atoms with van der Waals surface area (Å²) < 4.78 is 0. The van der Waals surface area contributed by atoms with Gasteiger partial charge in [0.1, 0.15) is 0 Å². The number of hydrogen-bond donors (Lipinski definition) is 0. The lowest BCUT2D eigenvalue weighted by Crippen LogP contribution is -2.35. The van der Waals surface area contributed by atoms with Crippen LogP contribution in [0, 0.1) is 6.92 Å². The summed E-state index contributed by atoms with van der Waals surface area (Å²) in [6.07, 6.45) is 13.7. The number of rotatable bonds is 4. The van der Waals surface area contributed by atoms with Crippen molar-refractivity contribution in [2.45, 2.75) is 82.2 Å². The molecule has 0 amide bonds. The standard InChI is InChI=1S/C21H26N2O2/c1-17-9-8-10-18(20(22-15-24)11-4-2-5-12-20)19(17)21(23-16-25)13-6-3-7-14-21/h8-10H,2-7,11-14H2,1H3. The van der Waals surface area contributed by atoms with E-state index < -0.39 is 11.1 Å². The lowest BCUT2D eigenvalue weighted by molar-refractivity contribution is 0.272. The summed E-state index contributed by atoms with van der Waals surface area (Å²) in [5.41, 5.74) is 2.30. The molecule has 25 heavy (non-hydrogen) atoms. The van der Waals surface area contributed by atoms with Gasteiger partial charge in [0.05, 0.1) is 11.1 Å². The molecule has 1 aromatic carbocycles. The second kappa shape index (κ2) is 7.47. The lowest BCUT2D eigenvalue weighted by atomic mass is 9.67. The number of nitrogens with zero attached hydrogens (tertiary/aromatic N) is 2. The van der Waals surface area contributed by atoms with Gasteiger partial charge in [0.25, 0.3) is 0 Å². The smallest absolute Gasteiger partial charge is 0.211 e. The Morgan fingerprint density at radius 2 is 1.32 bits per heavy atom. The average Bonchev–Trinajstić information content (AvgIpc) is 2.63. The van der Waals surface area contributed by atoms with E-state index in [-0.39, 0.29) is 0 Å². The van der Waals surface area contributed by atoms with Crippen molar-refractivity contribution < 1.29 is 9.59 Å². The first-order chi connectivity index (χ1) is 12.2. The second-order valence-corrected chi connectivity index (χ2v) is 7.59. The van der Waals surface area contributed by atoms with Gasteiger partial charge in [-0.15, -0.1) is 0 Å². The van der Waals surface area contributed by atoms with Crippen LogP contribution in [0.5, 0.6) is 0 Å². The van der Waals surface area contributed by atoms with Crippen molar-refractivity contribution in [3.63, 3.8) is 0 Å². The van der Waals surface area contributed by atoms with Crippen LogP contribution < -0.4 is 0 Å². The maximum absolute atomic E-state index is 11.3. The molecule has 4 heteroatoms. The molecule has 132 valence electrons. The van der Waals surface area contributed by atoms with Crippen LogP contribution in [0.3, 0.4) is 0 Å². The average molecular weight is 338 g/mol. The van der Waals surface area contributed by atoms with Gasteiger partial charge in [-0.3, -0.25) is 0 Å². The predicted octanol–water partition coefficient (Wildman–Crippen LogP) is 4.99. The summed E-state index contributed by atoms with van der Waals surface area (Å²) >= 11 is 0. The number of aryl methyl sites for hydroxylation is 1. The molecule has 0 unspecified atom stereocenters. The van der Waals surface area contributed by atoms with Crippen molar-refractivity contribution >= 4 is 12.2 Å². The van der Waals surface area contributed by atoms with Crippen molar-refractivity contribution in [2.75, 3.05) is 0 Å². The highest BCUT2D eigenvalue weighted by atomic mass is 16.1. The molecule has 0 radical (unpaired) electrons. The fourth-order valence-corrected chi connectivity index (χ4v) is 4.98. The molecule has 2 aliphatic carbocycles. The Balaban J connectivity index is 2.23. The first-order valence-corrected chi connectivity index (χ1v) is 9.46. The number of benzene rings is 1. The zero-order chi connectivity index (χ0) is 17.8. The molecule has 0 aliphatic heterocycles. The van der Waals surface area contributed by atoms with Crippen molar-refractivity contribution in [3.8, 4) is 0 Å². The monoisotopic (exact) mass is 338 g/mol. The van der Waals surface area contributed by atoms with E-state index in [1.54, 1.807) is 0 Å². The molecule has 0 saturated heterocycles. The van der Waals surface area contributed by atoms with Crippen LogP contribution in [0.25, 0.3) is 0 Å². The number of aliphatic imine (C=N–C) groups is 2. The quantitative estimate of drug-likeness (QED) is 0.574. The number of isocyanates is 2. The van der Waals surface area contributed by atoms with Crippen molar-refractivity contribution in [1.82, 2.24) is 0 Å². The third-order valence-corrected chi connectivity index (χ3v) is 6.12. The third kappa shape index (κ3) is 3.25. The molecule has 2 fully saturated rings. The van der Waals surface area contributed by atoms with E-state index in [1.165, 1.54) is 12.8 Å². The summed E-state index contributed by atoms with van der Waals surface area (Å²) in [6, 6.07) is 6.20. The summed E-state index contributed by atoms with van der Waals surface area (Å²) in [5.74, 6) is 0. The van der Waals surface area contributed by atoms with Gasteiger partial charge in [0, 0.05) is 0 Å². The normalized spacial score (nSPS) is 21.6. The molecule has 0 N–H and O–H groups in total. The minimum absolute atomic E-state index is 0.510. The molecule has 0 heterocycles. The van der Waals surface area contributed by atoms with Crippen molar-refractivity contribution in [3.05, 3.63) is 34.9 Å². The topological polar surface area (TPSA) is 58.9 Å². The highest BCUT2D eigenvalue weighted by Crippen LogP contribution is 2.49. The molecule has 4 nitrogen and oxygen atoms in total. The Kier molecular flexibility index (Phi) is 5.32. The van der Waals surface area contributed by atoms with Crippen LogP contribution in [0.1, 0.15) is 80.9 Å². The third-order valence-electron chi connectivity index (χ3n) is 6.12. The molecule has 1 aromatic rings. The highest BCUT2D eigenvalue weighted by molar-refractivity contribution is 5.49. The lowest BCUT2D eigenvalue weighted by Gasteiger charge is -2.41. The molecular formula is C21H26N2O2. The summed E-state index contributed by atoms with van der Waals surface area (Å²) in [4.78, 5) is 31.2. The molecular weight excluding hydrogens is 312 g/mol. The molecule has 0 bridgehead atoms. The summed E-state index contributed by atoms with van der Waals surface area (Å²) in [7, 11) is 0. The minimum Gasteiger partial charge on any atom is -0.211 e. The minimum atomic E-state index is -0.510. The van der Waals surface area contributed by atoms with Gasteiger partial charge in [-0.05, 0) is 49.3 Å². The first-order valence-electron chi connectivity index (χ1n) is 9.46. The van der Waals surface area contributed by atoms with Crippen LogP contribution in [0.15, 0.2) is 28.2 Å². The molecule has 2 aliphatic rings. The van der Waals surface area contributed by atoms with E-state index in [1.807, 2.05) is 18.2 Å². The van der Waals surface area contributed by atoms with E-state index in [9.17, 15) is 9.59 Å². The van der Waals surface area contributed by atoms with Crippen molar-refractivity contribution in [2.24, 2.45) is 9.98 Å². The van der Waals surface area contributed by atoms with Crippen LogP contribution in [0.4, 0.5) is 0 Å². The van der Waals surface area contributed by atoms with E-state index in [2.05, 4.69) is 29.0 Å². The maximum atomic E-state index is 11.3. The Labute approximate surface area is 149 Å². The molecule has 3 rings (SSSR count). The Bertz CT molecular complexity index is 715. The van der Waals surface area contributed by atoms with Gasteiger partial charge in [-0.2, -0.15) is 9.98 Å². The molecule has 0 atom stereocenters. The second-order valence-electron chi connectivity index (χ2n) is 7.59. The SMILES string of the molecule is Cc1cccc(C2(N=C=O)CCCCC2)c1C1(N=C=O)CCCCC1. The van der Waals surface area contributed by atoms with Gasteiger partial charge in [0.15, 0.2) is 0 Å². The molecule has 2 saturated carbocycles. The summed E-state index contributed by atoms with van der Waals surface area (Å²) in [5, 5.41) is 0. The summed E-state index contributed by atoms with van der Waals surface area (Å²) in [6.45, 7) is 2.08. The van der Waals surface area contributed by atoms with Gasteiger partial charge < -0.3 is 0 Å².